The fourth-order valence-electron chi connectivity index (χ4n) is 5.04. The summed E-state index contributed by atoms with van der Waals surface area (Å²) in [5.41, 5.74) is 3.41. The summed E-state index contributed by atoms with van der Waals surface area (Å²) in [6.45, 7) is 11.6. The van der Waals surface area contributed by atoms with Crippen molar-refractivity contribution in [2.75, 3.05) is 32.1 Å². The Hall–Kier alpha value is -2.60. The highest BCUT2D eigenvalue weighted by atomic mass is 32.2. The van der Waals surface area contributed by atoms with Crippen LogP contribution in [0.1, 0.15) is 70.1 Å². The lowest BCUT2D eigenvalue weighted by Crippen LogP contribution is -2.32. The minimum absolute atomic E-state index is 0.230. The molecule has 0 saturated carbocycles. The quantitative estimate of drug-likeness (QED) is 0.131. The molecule has 4 nitrogen and oxygen atoms in total. The van der Waals surface area contributed by atoms with Gasteiger partial charge in [0.1, 0.15) is 6.61 Å². The Morgan fingerprint density at radius 1 is 0.700 bits per heavy atom. The van der Waals surface area contributed by atoms with Crippen LogP contribution < -0.4 is 0 Å². The van der Waals surface area contributed by atoms with Crippen molar-refractivity contribution in [3.8, 4) is 0 Å². The highest BCUT2D eigenvalue weighted by Crippen LogP contribution is 2.49. The van der Waals surface area contributed by atoms with Crippen molar-refractivity contribution in [2.24, 2.45) is 4.99 Å². The van der Waals surface area contributed by atoms with Gasteiger partial charge in [-0.1, -0.05) is 91.0 Å². The molecule has 5 heteroatoms. The molecular weight excluding hydrogens is 514 g/mol. The average molecular weight is 560 g/mol. The number of thioether (sulfide) groups is 1. The number of aliphatic imine (C=N–C) groups is 1. The highest BCUT2D eigenvalue weighted by molar-refractivity contribution is 8.00. The zero-order chi connectivity index (χ0) is 28.3. The van der Waals surface area contributed by atoms with Crippen LogP contribution >= 0.6 is 11.8 Å². The van der Waals surface area contributed by atoms with E-state index in [0.717, 1.165) is 50.5 Å². The molecule has 0 N–H and O–H groups in total. The van der Waals surface area contributed by atoms with Crippen molar-refractivity contribution < 1.29 is 14.2 Å². The Morgan fingerprint density at radius 2 is 1.20 bits per heavy atom. The van der Waals surface area contributed by atoms with E-state index in [4.69, 9.17) is 14.2 Å². The molecule has 0 aliphatic carbocycles. The predicted molar refractivity (Wildman–Crippen MR) is 168 cm³/mol. The maximum absolute atomic E-state index is 6.45. The SMILES string of the molecule is CC(C)(CCOC(C)(C)CCSC(c1ccccc1)(c1ccccc1)c1ccccc1)OCCCC1=NCCO1. The lowest BCUT2D eigenvalue weighted by atomic mass is 9.84. The Morgan fingerprint density at radius 3 is 1.70 bits per heavy atom. The van der Waals surface area contributed by atoms with E-state index < -0.39 is 0 Å². The van der Waals surface area contributed by atoms with Gasteiger partial charge < -0.3 is 14.2 Å². The number of hydrogen-bond donors (Lipinski definition) is 0. The normalized spacial score (nSPS) is 14.2. The second-order valence-electron chi connectivity index (χ2n) is 11.6. The molecule has 0 radical (unpaired) electrons. The molecule has 0 spiro atoms. The van der Waals surface area contributed by atoms with E-state index in [-0.39, 0.29) is 15.9 Å². The van der Waals surface area contributed by atoms with E-state index in [0.29, 0.717) is 13.2 Å². The van der Waals surface area contributed by atoms with Crippen LogP contribution in [0.25, 0.3) is 0 Å². The van der Waals surface area contributed by atoms with Gasteiger partial charge in [-0.25, -0.2) is 0 Å². The van der Waals surface area contributed by atoms with E-state index in [9.17, 15) is 0 Å². The van der Waals surface area contributed by atoms with Gasteiger partial charge in [-0.05, 0) is 69.4 Å². The molecule has 40 heavy (non-hydrogen) atoms. The van der Waals surface area contributed by atoms with Crippen LogP contribution in [0.5, 0.6) is 0 Å². The molecule has 0 saturated heterocycles. The molecule has 1 aliphatic rings. The Balaban J connectivity index is 1.35. The standard InChI is InChI=1S/C35H45NO3S/c1-33(2,38-25-14-21-32-36-24-27-37-32)22-26-39-34(3,4)23-28-40-35(29-15-8-5-9-16-29,30-17-10-6-11-18-30)31-19-12-7-13-20-31/h5-13,15-20H,14,21-28H2,1-4H3. The summed E-state index contributed by atoms with van der Waals surface area (Å²) < 4.78 is 17.8. The smallest absolute Gasteiger partial charge is 0.183 e. The molecule has 0 bridgehead atoms. The third kappa shape index (κ3) is 8.45. The van der Waals surface area contributed by atoms with Gasteiger partial charge in [0.2, 0.25) is 0 Å². The molecule has 1 heterocycles. The van der Waals surface area contributed by atoms with E-state index in [2.05, 4.69) is 124 Å². The van der Waals surface area contributed by atoms with Crippen LogP contribution in [0, 0.1) is 0 Å². The summed E-state index contributed by atoms with van der Waals surface area (Å²) in [5, 5.41) is 0. The van der Waals surface area contributed by atoms with Crippen LogP contribution in [-0.2, 0) is 19.0 Å². The minimum atomic E-state index is -0.301. The van der Waals surface area contributed by atoms with Crippen LogP contribution in [0.2, 0.25) is 0 Å². The summed E-state index contributed by atoms with van der Waals surface area (Å²) in [7, 11) is 0. The minimum Gasteiger partial charge on any atom is -0.479 e. The molecule has 3 aromatic rings. The molecule has 0 unspecified atom stereocenters. The molecule has 1 aliphatic heterocycles. The summed E-state index contributed by atoms with van der Waals surface area (Å²) >= 11 is 1.99. The molecule has 4 rings (SSSR count). The zero-order valence-corrected chi connectivity index (χ0v) is 25.4. The van der Waals surface area contributed by atoms with Gasteiger partial charge in [-0.15, -0.1) is 11.8 Å². The topological polar surface area (TPSA) is 40.0 Å². The van der Waals surface area contributed by atoms with Gasteiger partial charge in [-0.2, -0.15) is 0 Å². The highest BCUT2D eigenvalue weighted by Gasteiger charge is 2.37. The monoisotopic (exact) mass is 559 g/mol. The van der Waals surface area contributed by atoms with E-state index in [1.54, 1.807) is 0 Å². The fourth-order valence-corrected chi connectivity index (χ4v) is 6.85. The number of nitrogens with zero attached hydrogens (tertiary/aromatic N) is 1. The van der Waals surface area contributed by atoms with Crippen molar-refractivity contribution in [1.82, 2.24) is 0 Å². The van der Waals surface area contributed by atoms with E-state index in [1.165, 1.54) is 16.7 Å². The molecule has 0 amide bonds. The van der Waals surface area contributed by atoms with Crippen molar-refractivity contribution in [3.63, 3.8) is 0 Å². The van der Waals surface area contributed by atoms with E-state index in [1.807, 2.05) is 11.8 Å². The number of rotatable bonds is 16. The summed E-state index contributed by atoms with van der Waals surface area (Å²) in [4.78, 5) is 4.35. The van der Waals surface area contributed by atoms with Gasteiger partial charge in [-0.3, -0.25) is 4.99 Å². The Bertz CT molecular complexity index is 1080. The van der Waals surface area contributed by atoms with Crippen LogP contribution in [-0.4, -0.2) is 49.2 Å². The predicted octanol–water partition coefficient (Wildman–Crippen LogP) is 8.29. The first kappa shape index (κ1) is 30.4. The molecule has 214 valence electrons. The van der Waals surface area contributed by atoms with Crippen LogP contribution in [0.15, 0.2) is 96.0 Å². The molecule has 3 aromatic carbocycles. The summed E-state index contributed by atoms with van der Waals surface area (Å²) in [6.07, 6.45) is 3.57. The Kier molecular flexibility index (Phi) is 10.9. The van der Waals surface area contributed by atoms with Crippen LogP contribution in [0.4, 0.5) is 0 Å². The Labute approximate surface area is 245 Å². The number of benzene rings is 3. The molecular formula is C35H45NO3S. The number of hydrogen-bond acceptors (Lipinski definition) is 5. The maximum atomic E-state index is 6.45. The molecule has 0 atom stereocenters. The summed E-state index contributed by atoms with van der Waals surface area (Å²) in [6, 6.07) is 32.7. The van der Waals surface area contributed by atoms with Gasteiger partial charge in [0.15, 0.2) is 5.90 Å². The van der Waals surface area contributed by atoms with Crippen molar-refractivity contribution in [3.05, 3.63) is 108 Å². The maximum Gasteiger partial charge on any atom is 0.183 e. The van der Waals surface area contributed by atoms with Crippen LogP contribution in [0.3, 0.4) is 0 Å². The third-order valence-corrected chi connectivity index (χ3v) is 8.98. The first-order valence-corrected chi connectivity index (χ1v) is 15.5. The fraction of sp³-hybridized carbons (Fsp3) is 0.457. The van der Waals surface area contributed by atoms with Crippen molar-refractivity contribution in [2.45, 2.75) is 69.3 Å². The van der Waals surface area contributed by atoms with Gasteiger partial charge in [0.25, 0.3) is 0 Å². The lowest BCUT2D eigenvalue weighted by Gasteiger charge is -2.37. The second kappa shape index (κ2) is 14.3. The van der Waals surface area contributed by atoms with Crippen molar-refractivity contribution in [1.29, 1.82) is 0 Å². The molecule has 0 aromatic heterocycles. The van der Waals surface area contributed by atoms with Gasteiger partial charge in [0.05, 0.1) is 29.1 Å². The summed E-state index contributed by atoms with van der Waals surface area (Å²) in [5.74, 6) is 1.83. The largest absolute Gasteiger partial charge is 0.479 e. The lowest BCUT2D eigenvalue weighted by molar-refractivity contribution is -0.0728. The van der Waals surface area contributed by atoms with E-state index >= 15 is 0 Å². The zero-order valence-electron chi connectivity index (χ0n) is 24.6. The van der Waals surface area contributed by atoms with Gasteiger partial charge >= 0.3 is 0 Å². The third-order valence-electron chi connectivity index (χ3n) is 7.44. The first-order valence-electron chi connectivity index (χ1n) is 14.6. The number of ether oxygens (including phenoxy) is 3. The van der Waals surface area contributed by atoms with Crippen molar-refractivity contribution >= 4 is 17.7 Å². The molecule has 0 fully saturated rings. The van der Waals surface area contributed by atoms with Gasteiger partial charge in [0, 0.05) is 13.0 Å². The second-order valence-corrected chi connectivity index (χ2v) is 12.9. The first-order chi connectivity index (χ1) is 19.3. The average Bonchev–Trinajstić information content (AvgIpc) is 3.49.